The van der Waals surface area contributed by atoms with Crippen LogP contribution in [0, 0.1) is 0 Å². The highest BCUT2D eigenvalue weighted by Gasteiger charge is 2.08. The molecule has 15 heavy (non-hydrogen) atoms. The van der Waals surface area contributed by atoms with Gasteiger partial charge >= 0.3 is 6.09 Å². The highest BCUT2D eigenvalue weighted by Crippen LogP contribution is 2.25. The highest BCUT2D eigenvalue weighted by molar-refractivity contribution is 9.10. The number of hydrogen-bond acceptors (Lipinski definition) is 2. The first kappa shape index (κ1) is 12.3. The zero-order valence-corrected chi connectivity index (χ0v) is 10.7. The first-order chi connectivity index (χ1) is 6.99. The fourth-order valence-corrected chi connectivity index (χ4v) is 1.47. The van der Waals surface area contributed by atoms with Crippen molar-refractivity contribution in [3.63, 3.8) is 0 Å². The van der Waals surface area contributed by atoms with Crippen LogP contribution < -0.4 is 5.32 Å². The van der Waals surface area contributed by atoms with Gasteiger partial charge in [0, 0.05) is 4.47 Å². The van der Waals surface area contributed by atoms with Crippen LogP contribution in [0.2, 0.25) is 5.02 Å². The fraction of sp³-hybridized carbons (Fsp3) is 0.300. The Bertz CT molecular complexity index is 368. The van der Waals surface area contributed by atoms with E-state index in [0.717, 1.165) is 4.47 Å². The predicted octanol–water partition coefficient (Wildman–Crippen LogP) is 4.06. The Balaban J connectivity index is 2.71. The van der Waals surface area contributed by atoms with Crippen molar-refractivity contribution in [1.82, 2.24) is 0 Å². The van der Waals surface area contributed by atoms with Gasteiger partial charge in [-0.2, -0.15) is 0 Å². The molecule has 3 nitrogen and oxygen atoms in total. The lowest BCUT2D eigenvalue weighted by atomic mass is 10.3. The van der Waals surface area contributed by atoms with Crippen molar-refractivity contribution in [2.75, 3.05) is 5.32 Å². The molecule has 1 rings (SSSR count). The number of halogens is 2. The van der Waals surface area contributed by atoms with Crippen LogP contribution in [0.5, 0.6) is 0 Å². The van der Waals surface area contributed by atoms with Crippen molar-refractivity contribution in [2.24, 2.45) is 0 Å². The minimum Gasteiger partial charge on any atom is -0.447 e. The van der Waals surface area contributed by atoms with Gasteiger partial charge in [0.1, 0.15) is 0 Å². The minimum atomic E-state index is -0.509. The smallest absolute Gasteiger partial charge is 0.411 e. The van der Waals surface area contributed by atoms with Crippen molar-refractivity contribution in [3.8, 4) is 0 Å². The second-order valence-corrected chi connectivity index (χ2v) is 4.53. The van der Waals surface area contributed by atoms with Crippen LogP contribution in [0.25, 0.3) is 0 Å². The molecule has 0 aromatic heterocycles. The summed E-state index contributed by atoms with van der Waals surface area (Å²) in [5.74, 6) is 0. The summed E-state index contributed by atoms with van der Waals surface area (Å²) in [4.78, 5) is 11.3. The molecule has 1 N–H and O–H groups in total. The van der Waals surface area contributed by atoms with E-state index >= 15 is 0 Å². The average Bonchev–Trinajstić information content (AvgIpc) is 2.10. The van der Waals surface area contributed by atoms with Gasteiger partial charge in [-0.3, -0.25) is 5.32 Å². The maximum atomic E-state index is 11.3. The fourth-order valence-electron chi connectivity index (χ4n) is 0.947. The average molecular weight is 293 g/mol. The maximum Gasteiger partial charge on any atom is 0.411 e. The standard InChI is InChI=1S/C10H11BrClNO2/c1-6(2)15-10(14)13-9-5-7(11)3-4-8(9)12/h3-6H,1-2H3,(H,13,14). The Hall–Kier alpha value is -0.740. The SMILES string of the molecule is CC(C)OC(=O)Nc1cc(Br)ccc1Cl. The van der Waals surface area contributed by atoms with Crippen LogP contribution in [0.4, 0.5) is 10.5 Å². The molecular formula is C10H11BrClNO2. The lowest BCUT2D eigenvalue weighted by Gasteiger charge is -2.10. The van der Waals surface area contributed by atoms with Crippen molar-refractivity contribution in [3.05, 3.63) is 27.7 Å². The number of ether oxygens (including phenoxy) is 1. The first-order valence-electron chi connectivity index (χ1n) is 4.41. The number of amides is 1. The molecule has 1 aromatic rings. The molecular weight excluding hydrogens is 281 g/mol. The lowest BCUT2D eigenvalue weighted by molar-refractivity contribution is 0.130. The van der Waals surface area contributed by atoms with Crippen molar-refractivity contribution < 1.29 is 9.53 Å². The van der Waals surface area contributed by atoms with E-state index < -0.39 is 6.09 Å². The van der Waals surface area contributed by atoms with Gasteiger partial charge in [0.15, 0.2) is 0 Å². The summed E-state index contributed by atoms with van der Waals surface area (Å²) in [6, 6.07) is 5.20. The molecule has 0 aliphatic heterocycles. The Labute approximate surface area is 102 Å². The van der Waals surface area contributed by atoms with Crippen LogP contribution in [0.3, 0.4) is 0 Å². The largest absolute Gasteiger partial charge is 0.447 e. The topological polar surface area (TPSA) is 38.3 Å². The van der Waals surface area contributed by atoms with E-state index in [0.29, 0.717) is 10.7 Å². The number of carbonyl (C=O) groups is 1. The number of hydrogen-bond donors (Lipinski definition) is 1. The normalized spacial score (nSPS) is 10.2. The Morgan fingerprint density at radius 2 is 2.20 bits per heavy atom. The molecule has 82 valence electrons. The summed E-state index contributed by atoms with van der Waals surface area (Å²) < 4.78 is 5.76. The van der Waals surface area contributed by atoms with Crippen LogP contribution >= 0.6 is 27.5 Å². The summed E-state index contributed by atoms with van der Waals surface area (Å²) >= 11 is 9.17. The van der Waals surface area contributed by atoms with Gasteiger partial charge in [0.2, 0.25) is 0 Å². The number of nitrogens with one attached hydrogen (secondary N) is 1. The number of benzene rings is 1. The molecule has 5 heteroatoms. The molecule has 0 saturated heterocycles. The van der Waals surface area contributed by atoms with E-state index in [-0.39, 0.29) is 6.10 Å². The first-order valence-corrected chi connectivity index (χ1v) is 5.59. The summed E-state index contributed by atoms with van der Waals surface area (Å²) in [6.45, 7) is 3.56. The van der Waals surface area contributed by atoms with Crippen LogP contribution in [0.1, 0.15) is 13.8 Å². The molecule has 0 radical (unpaired) electrons. The van der Waals surface area contributed by atoms with Gasteiger partial charge in [0.25, 0.3) is 0 Å². The molecule has 1 amide bonds. The molecule has 0 bridgehead atoms. The Morgan fingerprint density at radius 1 is 1.53 bits per heavy atom. The second-order valence-electron chi connectivity index (χ2n) is 3.20. The van der Waals surface area contributed by atoms with E-state index in [4.69, 9.17) is 16.3 Å². The third-order valence-electron chi connectivity index (χ3n) is 1.51. The van der Waals surface area contributed by atoms with E-state index in [1.54, 1.807) is 32.0 Å². The molecule has 0 aliphatic rings. The summed E-state index contributed by atoms with van der Waals surface area (Å²) in [5, 5.41) is 3.03. The van der Waals surface area contributed by atoms with Gasteiger partial charge in [0.05, 0.1) is 16.8 Å². The van der Waals surface area contributed by atoms with Gasteiger partial charge in [-0.25, -0.2) is 4.79 Å². The monoisotopic (exact) mass is 291 g/mol. The zero-order chi connectivity index (χ0) is 11.4. The molecule has 1 aromatic carbocycles. The Kier molecular flexibility index (Phi) is 4.42. The van der Waals surface area contributed by atoms with E-state index in [1.165, 1.54) is 0 Å². The number of carbonyl (C=O) groups excluding carboxylic acids is 1. The summed E-state index contributed by atoms with van der Waals surface area (Å²) in [6.07, 6.45) is -0.666. The third kappa shape index (κ3) is 4.10. The quantitative estimate of drug-likeness (QED) is 0.892. The van der Waals surface area contributed by atoms with E-state index in [9.17, 15) is 4.79 Å². The van der Waals surface area contributed by atoms with E-state index in [1.807, 2.05) is 0 Å². The third-order valence-corrected chi connectivity index (χ3v) is 2.33. The lowest BCUT2D eigenvalue weighted by Crippen LogP contribution is -2.18. The van der Waals surface area contributed by atoms with Gasteiger partial charge < -0.3 is 4.74 Å². The van der Waals surface area contributed by atoms with Gasteiger partial charge in [-0.05, 0) is 32.0 Å². The van der Waals surface area contributed by atoms with Crippen molar-refractivity contribution >= 4 is 39.3 Å². The second kappa shape index (κ2) is 5.37. The maximum absolute atomic E-state index is 11.3. The molecule has 0 spiro atoms. The molecule has 0 fully saturated rings. The van der Waals surface area contributed by atoms with Crippen molar-refractivity contribution in [2.45, 2.75) is 20.0 Å². The molecule has 0 aliphatic carbocycles. The van der Waals surface area contributed by atoms with Crippen molar-refractivity contribution in [1.29, 1.82) is 0 Å². The van der Waals surface area contributed by atoms with Crippen LogP contribution in [-0.4, -0.2) is 12.2 Å². The molecule has 0 heterocycles. The summed E-state index contributed by atoms with van der Waals surface area (Å²) in [7, 11) is 0. The van der Waals surface area contributed by atoms with Crippen LogP contribution in [0.15, 0.2) is 22.7 Å². The number of anilines is 1. The zero-order valence-electron chi connectivity index (χ0n) is 8.38. The number of rotatable bonds is 2. The molecule has 0 unspecified atom stereocenters. The highest BCUT2D eigenvalue weighted by atomic mass is 79.9. The summed E-state index contributed by atoms with van der Waals surface area (Å²) in [5.41, 5.74) is 0.525. The van der Waals surface area contributed by atoms with E-state index in [2.05, 4.69) is 21.2 Å². The minimum absolute atomic E-state index is 0.157. The Morgan fingerprint density at radius 3 is 2.80 bits per heavy atom. The van der Waals surface area contributed by atoms with Gasteiger partial charge in [-0.15, -0.1) is 0 Å². The molecule has 0 saturated carbocycles. The predicted molar refractivity (Wildman–Crippen MR) is 64.4 cm³/mol. The van der Waals surface area contributed by atoms with Crippen LogP contribution in [-0.2, 0) is 4.74 Å². The molecule has 0 atom stereocenters. The van der Waals surface area contributed by atoms with Gasteiger partial charge in [-0.1, -0.05) is 27.5 Å².